The molecule has 1 aromatic heterocycles. The van der Waals surface area contributed by atoms with Gasteiger partial charge in [-0.3, -0.25) is 0 Å². The van der Waals surface area contributed by atoms with Gasteiger partial charge in [0.05, 0.1) is 15.7 Å². The Morgan fingerprint density at radius 3 is 2.47 bits per heavy atom. The quantitative estimate of drug-likeness (QED) is 0.850. The lowest BCUT2D eigenvalue weighted by molar-refractivity contribution is 0.437. The van der Waals surface area contributed by atoms with Crippen LogP contribution in [0.3, 0.4) is 0 Å². The number of para-hydroxylation sites is 1. The fourth-order valence-electron chi connectivity index (χ4n) is 1.02. The molecule has 0 atom stereocenters. The number of benzene rings is 1. The largest absolute Gasteiger partial charge is 0.351 e. The third-order valence-corrected chi connectivity index (χ3v) is 2.27. The van der Waals surface area contributed by atoms with Crippen molar-refractivity contribution >= 4 is 40.9 Å². The Hall–Kier alpha value is -1.46. The van der Waals surface area contributed by atoms with Gasteiger partial charge in [0.2, 0.25) is 0 Å². The molecular weight excluding hydrogens is 239 g/mol. The number of halogens is 2. The Morgan fingerprint density at radius 1 is 1.27 bits per heavy atom. The molecule has 7 heteroatoms. The lowest BCUT2D eigenvalue weighted by atomic mass is 10.3. The van der Waals surface area contributed by atoms with E-state index in [9.17, 15) is 0 Å². The van der Waals surface area contributed by atoms with E-state index in [2.05, 4.69) is 20.0 Å². The molecule has 1 aromatic carbocycles. The number of aromatic nitrogens is 2. The Morgan fingerprint density at radius 2 is 1.93 bits per heavy atom. The number of nitrogens with one attached hydrogen (secondary N) is 1. The van der Waals surface area contributed by atoms with E-state index < -0.39 is 0 Å². The van der Waals surface area contributed by atoms with Crippen molar-refractivity contribution in [1.29, 1.82) is 0 Å². The molecular formula is C8H6Cl2N4O. The summed E-state index contributed by atoms with van der Waals surface area (Å²) in [6.45, 7) is 0. The molecule has 78 valence electrons. The zero-order chi connectivity index (χ0) is 10.8. The van der Waals surface area contributed by atoms with Crippen molar-refractivity contribution in [2.24, 2.45) is 0 Å². The van der Waals surface area contributed by atoms with Gasteiger partial charge in [-0.05, 0) is 17.3 Å². The highest BCUT2D eigenvalue weighted by atomic mass is 35.5. The second-order valence-corrected chi connectivity index (χ2v) is 3.49. The van der Waals surface area contributed by atoms with Gasteiger partial charge in [-0.15, -0.1) is 0 Å². The predicted molar refractivity (Wildman–Crippen MR) is 58.5 cm³/mol. The van der Waals surface area contributed by atoms with Gasteiger partial charge in [0, 0.05) is 0 Å². The second-order valence-electron chi connectivity index (χ2n) is 2.68. The molecule has 0 aliphatic carbocycles. The van der Waals surface area contributed by atoms with E-state index >= 15 is 0 Å². The van der Waals surface area contributed by atoms with E-state index in [1.807, 2.05) is 0 Å². The lowest BCUT2D eigenvalue weighted by Gasteiger charge is -2.05. The number of nitrogens with zero attached hydrogens (tertiary/aromatic N) is 2. The number of hydrogen-bond acceptors (Lipinski definition) is 5. The molecule has 2 rings (SSSR count). The van der Waals surface area contributed by atoms with Gasteiger partial charge in [0.25, 0.3) is 5.95 Å². The number of nitrogens with two attached hydrogens (primary N) is 1. The standard InChI is InChI=1S/C8H6Cl2N4O/c9-4-2-1-3-5(10)6(4)12-8-13-7(11)15-14-8/h1-3H,(H3,11,12,13,14). The first kappa shape index (κ1) is 10.1. The number of nitrogen functional groups attached to an aromatic ring is 1. The summed E-state index contributed by atoms with van der Waals surface area (Å²) in [5.41, 5.74) is 5.78. The topological polar surface area (TPSA) is 77.0 Å². The fraction of sp³-hybridized carbons (Fsp3) is 0. The maximum absolute atomic E-state index is 5.92. The predicted octanol–water partition coefficient (Wildman–Crippen LogP) is 2.70. The van der Waals surface area contributed by atoms with Gasteiger partial charge in [0.15, 0.2) is 0 Å². The number of hydrogen-bond donors (Lipinski definition) is 2. The van der Waals surface area contributed by atoms with Gasteiger partial charge >= 0.3 is 6.01 Å². The molecule has 0 bridgehead atoms. The fourth-order valence-corrected chi connectivity index (χ4v) is 1.51. The van der Waals surface area contributed by atoms with Gasteiger partial charge in [-0.1, -0.05) is 29.3 Å². The molecule has 0 radical (unpaired) electrons. The van der Waals surface area contributed by atoms with Crippen LogP contribution in [0.2, 0.25) is 10.0 Å². The van der Waals surface area contributed by atoms with Crippen LogP contribution in [0.5, 0.6) is 0 Å². The third kappa shape index (κ3) is 2.14. The van der Waals surface area contributed by atoms with Gasteiger partial charge in [0.1, 0.15) is 0 Å². The average molecular weight is 245 g/mol. The van der Waals surface area contributed by atoms with Crippen LogP contribution in [0.1, 0.15) is 0 Å². The normalized spacial score (nSPS) is 10.3. The van der Waals surface area contributed by atoms with Gasteiger partial charge in [-0.2, -0.15) is 4.98 Å². The first-order chi connectivity index (χ1) is 7.16. The Bertz CT molecular complexity index is 465. The highest BCUT2D eigenvalue weighted by Crippen LogP contribution is 2.31. The van der Waals surface area contributed by atoms with Crippen LogP contribution >= 0.6 is 23.2 Å². The smallest absolute Gasteiger partial charge is 0.320 e. The second kappa shape index (κ2) is 3.96. The van der Waals surface area contributed by atoms with Crippen molar-refractivity contribution < 1.29 is 4.52 Å². The van der Waals surface area contributed by atoms with E-state index in [0.29, 0.717) is 15.7 Å². The summed E-state index contributed by atoms with van der Waals surface area (Å²) >= 11 is 11.8. The van der Waals surface area contributed by atoms with Crippen molar-refractivity contribution in [3.05, 3.63) is 28.2 Å². The van der Waals surface area contributed by atoms with E-state index in [1.54, 1.807) is 18.2 Å². The summed E-state index contributed by atoms with van der Waals surface area (Å²) in [6, 6.07) is 5.10. The van der Waals surface area contributed by atoms with Crippen molar-refractivity contribution in [2.75, 3.05) is 11.1 Å². The highest BCUT2D eigenvalue weighted by molar-refractivity contribution is 6.39. The summed E-state index contributed by atoms with van der Waals surface area (Å²) in [6.07, 6.45) is 0. The zero-order valence-electron chi connectivity index (χ0n) is 7.37. The minimum atomic E-state index is -0.0272. The van der Waals surface area contributed by atoms with Crippen LogP contribution in [-0.2, 0) is 0 Å². The molecule has 0 saturated heterocycles. The molecule has 5 nitrogen and oxygen atoms in total. The summed E-state index contributed by atoms with van der Waals surface area (Å²) < 4.78 is 4.58. The molecule has 1 heterocycles. The highest BCUT2D eigenvalue weighted by Gasteiger charge is 2.08. The van der Waals surface area contributed by atoms with E-state index in [1.165, 1.54) is 0 Å². The first-order valence-corrected chi connectivity index (χ1v) is 4.72. The van der Waals surface area contributed by atoms with Crippen molar-refractivity contribution in [3.8, 4) is 0 Å². The Labute approximate surface area is 95.2 Å². The lowest BCUT2D eigenvalue weighted by Crippen LogP contribution is -1.94. The van der Waals surface area contributed by atoms with Crippen LogP contribution < -0.4 is 11.1 Å². The molecule has 0 aliphatic heterocycles. The van der Waals surface area contributed by atoms with Gasteiger partial charge < -0.3 is 15.6 Å². The molecule has 2 aromatic rings. The SMILES string of the molecule is Nc1nc(Nc2c(Cl)cccc2Cl)no1. The minimum Gasteiger partial charge on any atom is -0.351 e. The van der Waals surface area contributed by atoms with E-state index in [-0.39, 0.29) is 12.0 Å². The van der Waals surface area contributed by atoms with Crippen LogP contribution in [0.4, 0.5) is 17.7 Å². The van der Waals surface area contributed by atoms with Crippen LogP contribution in [0.25, 0.3) is 0 Å². The molecule has 0 aliphatic rings. The van der Waals surface area contributed by atoms with E-state index in [0.717, 1.165) is 0 Å². The number of anilines is 3. The Balaban J connectivity index is 2.31. The monoisotopic (exact) mass is 244 g/mol. The first-order valence-electron chi connectivity index (χ1n) is 3.97. The van der Waals surface area contributed by atoms with Crippen LogP contribution in [0, 0.1) is 0 Å². The van der Waals surface area contributed by atoms with Gasteiger partial charge in [-0.25, -0.2) is 0 Å². The average Bonchev–Trinajstić information content (AvgIpc) is 2.58. The summed E-state index contributed by atoms with van der Waals surface area (Å²) in [7, 11) is 0. The maximum atomic E-state index is 5.92. The van der Waals surface area contributed by atoms with Crippen molar-refractivity contribution in [1.82, 2.24) is 10.1 Å². The minimum absolute atomic E-state index is 0.0272. The van der Waals surface area contributed by atoms with Crippen LogP contribution in [0.15, 0.2) is 22.7 Å². The molecule has 15 heavy (non-hydrogen) atoms. The van der Waals surface area contributed by atoms with Crippen molar-refractivity contribution in [2.45, 2.75) is 0 Å². The molecule has 0 unspecified atom stereocenters. The summed E-state index contributed by atoms with van der Waals surface area (Å²) in [5, 5.41) is 7.28. The summed E-state index contributed by atoms with van der Waals surface area (Å²) in [5.74, 6) is 0.211. The molecule has 0 saturated carbocycles. The molecule has 0 amide bonds. The number of rotatable bonds is 2. The van der Waals surface area contributed by atoms with Crippen molar-refractivity contribution in [3.63, 3.8) is 0 Å². The van der Waals surface area contributed by atoms with Crippen LogP contribution in [-0.4, -0.2) is 10.1 Å². The molecule has 0 fully saturated rings. The Kier molecular flexibility index (Phi) is 2.66. The maximum Gasteiger partial charge on any atom is 0.320 e. The zero-order valence-corrected chi connectivity index (χ0v) is 8.88. The summed E-state index contributed by atoms with van der Waals surface area (Å²) in [4.78, 5) is 3.76. The third-order valence-electron chi connectivity index (χ3n) is 1.64. The molecule has 3 N–H and O–H groups in total. The molecule has 0 spiro atoms. The van der Waals surface area contributed by atoms with E-state index in [4.69, 9.17) is 28.9 Å².